The Morgan fingerprint density at radius 3 is 2.00 bits per heavy atom. The molecule has 4 saturated heterocycles. The molecule has 0 bridgehead atoms. The smallest absolute Gasteiger partial charge is 0.251 e. The number of hydrogen-bond acceptors (Lipinski definition) is 8. The van der Waals surface area contributed by atoms with E-state index in [0.717, 1.165) is 90.0 Å². The van der Waals surface area contributed by atoms with Crippen molar-refractivity contribution in [3.05, 3.63) is 12.1 Å². The maximum atomic E-state index is 12.5. The number of nitrogens with zero attached hydrogens (tertiary/aromatic N) is 6. The highest BCUT2D eigenvalue weighted by molar-refractivity contribution is 5.81. The first-order chi connectivity index (χ1) is 15.3. The van der Waals surface area contributed by atoms with Gasteiger partial charge in [-0.3, -0.25) is 9.69 Å². The minimum Gasteiger partial charge on any atom is -0.377 e. The molecule has 1 amide bonds. The SMILES string of the molecule is O=C(C1CCCO1)N1CCN(c2ccc(N3CCN(CC4CCCO4)CC3)nn2)CC1. The predicted molar refractivity (Wildman–Crippen MR) is 117 cm³/mol. The third-order valence-electron chi connectivity index (χ3n) is 6.94. The third kappa shape index (κ3) is 4.94. The van der Waals surface area contributed by atoms with Crippen molar-refractivity contribution >= 4 is 17.5 Å². The lowest BCUT2D eigenvalue weighted by Gasteiger charge is -2.37. The van der Waals surface area contributed by atoms with Crippen LogP contribution in [0, 0.1) is 0 Å². The van der Waals surface area contributed by atoms with Gasteiger partial charge in [0, 0.05) is 72.1 Å². The molecule has 1 aromatic heterocycles. The Balaban J connectivity index is 1.08. The van der Waals surface area contributed by atoms with Crippen molar-refractivity contribution in [2.75, 3.05) is 81.9 Å². The van der Waals surface area contributed by atoms with Crippen LogP contribution in [0.5, 0.6) is 0 Å². The van der Waals surface area contributed by atoms with Gasteiger partial charge in [-0.15, -0.1) is 10.2 Å². The highest BCUT2D eigenvalue weighted by Gasteiger charge is 2.31. The molecule has 9 heteroatoms. The van der Waals surface area contributed by atoms with Gasteiger partial charge in [-0.2, -0.15) is 0 Å². The molecule has 4 aliphatic rings. The van der Waals surface area contributed by atoms with Gasteiger partial charge in [0.25, 0.3) is 5.91 Å². The first kappa shape index (κ1) is 20.9. The summed E-state index contributed by atoms with van der Waals surface area (Å²) in [7, 11) is 0. The molecule has 1 aromatic rings. The van der Waals surface area contributed by atoms with Gasteiger partial charge >= 0.3 is 0 Å². The quantitative estimate of drug-likeness (QED) is 0.673. The fourth-order valence-electron chi connectivity index (χ4n) is 5.02. The molecule has 0 N–H and O–H groups in total. The van der Waals surface area contributed by atoms with Crippen LogP contribution in [0.4, 0.5) is 11.6 Å². The Kier molecular flexibility index (Phi) is 6.52. The maximum Gasteiger partial charge on any atom is 0.251 e. The third-order valence-corrected chi connectivity index (χ3v) is 6.94. The zero-order chi connectivity index (χ0) is 21.0. The highest BCUT2D eigenvalue weighted by atomic mass is 16.5. The molecule has 0 aromatic carbocycles. The van der Waals surface area contributed by atoms with Gasteiger partial charge in [-0.05, 0) is 37.8 Å². The lowest BCUT2D eigenvalue weighted by atomic mass is 10.2. The molecule has 2 unspecified atom stereocenters. The standard InChI is InChI=1S/C22H34N6O3/c29-22(19-4-2-16-31-19)28-13-11-27(12-14-28)21-6-5-20(23-24-21)26-9-7-25(8-10-26)17-18-3-1-15-30-18/h5-6,18-19H,1-4,7-17H2. The summed E-state index contributed by atoms with van der Waals surface area (Å²) in [5.74, 6) is 2.00. The van der Waals surface area contributed by atoms with Crippen LogP contribution in [0.15, 0.2) is 12.1 Å². The van der Waals surface area contributed by atoms with E-state index in [0.29, 0.717) is 12.7 Å². The van der Waals surface area contributed by atoms with Crippen molar-refractivity contribution in [2.45, 2.75) is 37.9 Å². The van der Waals surface area contributed by atoms with Crippen LogP contribution in [-0.4, -0.2) is 110 Å². The number of aromatic nitrogens is 2. The van der Waals surface area contributed by atoms with Gasteiger partial charge < -0.3 is 24.2 Å². The van der Waals surface area contributed by atoms with Crippen LogP contribution in [0.3, 0.4) is 0 Å². The summed E-state index contributed by atoms with van der Waals surface area (Å²) in [5, 5.41) is 9.01. The summed E-state index contributed by atoms with van der Waals surface area (Å²) in [6.07, 6.45) is 4.44. The van der Waals surface area contributed by atoms with E-state index in [4.69, 9.17) is 9.47 Å². The lowest BCUT2D eigenvalue weighted by Crippen LogP contribution is -2.51. The van der Waals surface area contributed by atoms with Crippen LogP contribution in [0.25, 0.3) is 0 Å². The molecule has 4 fully saturated rings. The molecule has 4 aliphatic heterocycles. The Hall–Kier alpha value is -1.97. The number of anilines is 2. The molecule has 31 heavy (non-hydrogen) atoms. The summed E-state index contributed by atoms with van der Waals surface area (Å²) in [4.78, 5) is 21.5. The largest absolute Gasteiger partial charge is 0.377 e. The Morgan fingerprint density at radius 1 is 0.839 bits per heavy atom. The Bertz CT molecular complexity index is 719. The van der Waals surface area contributed by atoms with Crippen LogP contribution in [0.2, 0.25) is 0 Å². The van der Waals surface area contributed by atoms with E-state index in [-0.39, 0.29) is 12.0 Å². The fourth-order valence-corrected chi connectivity index (χ4v) is 5.02. The Morgan fingerprint density at radius 2 is 1.45 bits per heavy atom. The summed E-state index contributed by atoms with van der Waals surface area (Å²) in [6, 6.07) is 4.15. The van der Waals surface area contributed by atoms with E-state index in [9.17, 15) is 4.79 Å². The molecule has 2 atom stereocenters. The number of carbonyl (C=O) groups is 1. The molecule has 5 rings (SSSR count). The molecule has 0 aliphatic carbocycles. The summed E-state index contributed by atoms with van der Waals surface area (Å²) >= 11 is 0. The molecule has 170 valence electrons. The normalized spacial score (nSPS) is 27.8. The summed E-state index contributed by atoms with van der Waals surface area (Å²) in [5.41, 5.74) is 0. The second-order valence-electron chi connectivity index (χ2n) is 8.99. The lowest BCUT2D eigenvalue weighted by molar-refractivity contribution is -0.141. The number of amides is 1. The second-order valence-corrected chi connectivity index (χ2v) is 8.99. The van der Waals surface area contributed by atoms with Gasteiger partial charge in [0.2, 0.25) is 0 Å². The van der Waals surface area contributed by atoms with Gasteiger partial charge in [-0.1, -0.05) is 0 Å². The molecule has 0 spiro atoms. The number of carbonyl (C=O) groups excluding carboxylic acids is 1. The van der Waals surface area contributed by atoms with Crippen molar-refractivity contribution in [3.63, 3.8) is 0 Å². The average Bonchev–Trinajstić information content (AvgIpc) is 3.54. The fraction of sp³-hybridized carbons (Fsp3) is 0.773. The minimum atomic E-state index is -0.225. The molecule has 5 heterocycles. The Labute approximate surface area is 184 Å². The highest BCUT2D eigenvalue weighted by Crippen LogP contribution is 2.21. The minimum absolute atomic E-state index is 0.150. The molecule has 0 saturated carbocycles. The average molecular weight is 431 g/mol. The van der Waals surface area contributed by atoms with Crippen LogP contribution in [0.1, 0.15) is 25.7 Å². The zero-order valence-electron chi connectivity index (χ0n) is 18.3. The predicted octanol–water partition coefficient (Wildman–Crippen LogP) is 0.605. The number of piperazine rings is 2. The van der Waals surface area contributed by atoms with E-state index in [1.54, 1.807) is 0 Å². The van der Waals surface area contributed by atoms with Gasteiger partial charge in [0.05, 0.1) is 6.10 Å². The van der Waals surface area contributed by atoms with Crippen molar-refractivity contribution in [3.8, 4) is 0 Å². The maximum absolute atomic E-state index is 12.5. The van der Waals surface area contributed by atoms with E-state index >= 15 is 0 Å². The molecular formula is C22H34N6O3. The monoisotopic (exact) mass is 430 g/mol. The van der Waals surface area contributed by atoms with Crippen molar-refractivity contribution in [2.24, 2.45) is 0 Å². The van der Waals surface area contributed by atoms with E-state index in [2.05, 4.69) is 37.0 Å². The van der Waals surface area contributed by atoms with Crippen molar-refractivity contribution < 1.29 is 14.3 Å². The van der Waals surface area contributed by atoms with Crippen molar-refractivity contribution in [1.29, 1.82) is 0 Å². The summed E-state index contributed by atoms with van der Waals surface area (Å²) in [6.45, 7) is 9.74. The first-order valence-electron chi connectivity index (χ1n) is 11.8. The van der Waals surface area contributed by atoms with E-state index in [1.165, 1.54) is 12.8 Å². The van der Waals surface area contributed by atoms with Gasteiger partial charge in [0.1, 0.15) is 6.10 Å². The van der Waals surface area contributed by atoms with Crippen molar-refractivity contribution in [1.82, 2.24) is 20.0 Å². The molecule has 9 nitrogen and oxygen atoms in total. The second kappa shape index (κ2) is 9.67. The van der Waals surface area contributed by atoms with Gasteiger partial charge in [0.15, 0.2) is 11.6 Å². The number of hydrogen-bond donors (Lipinski definition) is 0. The number of rotatable bonds is 5. The van der Waals surface area contributed by atoms with Crippen LogP contribution in [-0.2, 0) is 14.3 Å². The van der Waals surface area contributed by atoms with Gasteiger partial charge in [-0.25, -0.2) is 0 Å². The molecular weight excluding hydrogens is 396 g/mol. The first-order valence-corrected chi connectivity index (χ1v) is 11.8. The molecule has 0 radical (unpaired) electrons. The van der Waals surface area contributed by atoms with Crippen LogP contribution >= 0.6 is 0 Å². The summed E-state index contributed by atoms with van der Waals surface area (Å²) < 4.78 is 11.3. The van der Waals surface area contributed by atoms with Crippen LogP contribution < -0.4 is 9.80 Å². The van der Waals surface area contributed by atoms with E-state index < -0.39 is 0 Å². The zero-order valence-corrected chi connectivity index (χ0v) is 18.3. The van der Waals surface area contributed by atoms with E-state index in [1.807, 2.05) is 4.90 Å². The topological polar surface area (TPSA) is 74.3 Å². The number of ether oxygens (including phenoxy) is 2.